The van der Waals surface area contributed by atoms with Crippen LogP contribution in [-0.2, 0) is 14.3 Å². The number of esters is 1. The first-order valence-electron chi connectivity index (χ1n) is 8.60. The summed E-state index contributed by atoms with van der Waals surface area (Å²) in [5, 5.41) is 0. The van der Waals surface area contributed by atoms with Gasteiger partial charge in [0.1, 0.15) is 23.6 Å². The number of hydrogen-bond donors (Lipinski definition) is 1. The molecule has 2 aromatic rings. The smallest absolute Gasteiger partial charge is 0.325 e. The van der Waals surface area contributed by atoms with Crippen molar-refractivity contribution < 1.29 is 23.7 Å². The third-order valence-electron chi connectivity index (χ3n) is 4.06. The number of nitrogens with two attached hydrogens (primary N) is 1. The molecule has 2 N–H and O–H groups in total. The maximum absolute atomic E-state index is 12.1. The van der Waals surface area contributed by atoms with Gasteiger partial charge in [-0.25, -0.2) is 0 Å². The van der Waals surface area contributed by atoms with Crippen molar-refractivity contribution in [1.29, 1.82) is 0 Å². The molecule has 138 valence electrons. The van der Waals surface area contributed by atoms with E-state index in [1.54, 1.807) is 6.92 Å². The minimum Gasteiger partial charge on any atom is -0.484 e. The molecule has 4 atom stereocenters. The number of ether oxygens (including phenoxy) is 4. The van der Waals surface area contributed by atoms with Crippen LogP contribution in [0.25, 0.3) is 0 Å². The molecular formula is C20H23NO5. The normalized spacial score (nSPS) is 26.8. The van der Waals surface area contributed by atoms with Crippen molar-refractivity contribution in [2.45, 2.75) is 31.3 Å². The first-order chi connectivity index (χ1) is 12.6. The number of carbonyl (C=O) groups excluding carboxylic acids is 1. The van der Waals surface area contributed by atoms with Gasteiger partial charge in [0, 0.05) is 0 Å². The van der Waals surface area contributed by atoms with Gasteiger partial charge in [-0.15, -0.1) is 0 Å². The summed E-state index contributed by atoms with van der Waals surface area (Å²) >= 11 is 0. The summed E-state index contributed by atoms with van der Waals surface area (Å²) in [6, 6.07) is 17.9. The second-order valence-corrected chi connectivity index (χ2v) is 6.15. The van der Waals surface area contributed by atoms with E-state index in [9.17, 15) is 4.79 Å². The van der Waals surface area contributed by atoms with Crippen molar-refractivity contribution in [3.05, 3.63) is 60.7 Å². The maximum Gasteiger partial charge on any atom is 0.325 e. The molecule has 1 saturated heterocycles. The Labute approximate surface area is 152 Å². The second-order valence-electron chi connectivity index (χ2n) is 6.15. The van der Waals surface area contributed by atoms with Gasteiger partial charge in [0.2, 0.25) is 0 Å². The van der Waals surface area contributed by atoms with Gasteiger partial charge in [0.05, 0.1) is 13.2 Å². The molecule has 0 aromatic heterocycles. The van der Waals surface area contributed by atoms with Crippen LogP contribution in [0, 0.1) is 0 Å². The van der Waals surface area contributed by atoms with Crippen LogP contribution in [0.4, 0.5) is 0 Å². The number of rotatable bonds is 4. The standard InChI is InChI=1S/C20H23NO5/c1-14-19(26-16-10-6-3-7-11-16)18(25-15-8-4-2-5-9-15)13-23-12-17(21)20(22)24-14/h2-11,14,17-19H,12-13,21H2,1H3/t14-,17-,18-,19-/m0/s1. The minimum atomic E-state index is -0.828. The van der Waals surface area contributed by atoms with E-state index in [1.165, 1.54) is 0 Å². The molecule has 0 spiro atoms. The fourth-order valence-corrected chi connectivity index (χ4v) is 2.72. The number of carbonyl (C=O) groups is 1. The van der Waals surface area contributed by atoms with Crippen molar-refractivity contribution in [2.24, 2.45) is 5.73 Å². The number of hydrogen-bond acceptors (Lipinski definition) is 6. The third-order valence-corrected chi connectivity index (χ3v) is 4.06. The molecular weight excluding hydrogens is 334 g/mol. The Morgan fingerprint density at radius 2 is 1.50 bits per heavy atom. The fourth-order valence-electron chi connectivity index (χ4n) is 2.72. The summed E-state index contributed by atoms with van der Waals surface area (Å²) in [5.74, 6) is 0.829. The molecule has 0 bridgehead atoms. The molecule has 0 aliphatic carbocycles. The van der Waals surface area contributed by atoms with Gasteiger partial charge in [0.25, 0.3) is 0 Å². The lowest BCUT2D eigenvalue weighted by Gasteiger charge is -2.31. The molecule has 26 heavy (non-hydrogen) atoms. The van der Waals surface area contributed by atoms with Crippen LogP contribution in [0.15, 0.2) is 60.7 Å². The van der Waals surface area contributed by atoms with Crippen LogP contribution in [0.3, 0.4) is 0 Å². The van der Waals surface area contributed by atoms with Gasteiger partial charge in [-0.2, -0.15) is 0 Å². The predicted molar refractivity (Wildman–Crippen MR) is 96.1 cm³/mol. The zero-order chi connectivity index (χ0) is 18.4. The van der Waals surface area contributed by atoms with E-state index in [0.29, 0.717) is 11.5 Å². The molecule has 1 aliphatic heterocycles. The van der Waals surface area contributed by atoms with Gasteiger partial charge in [0.15, 0.2) is 12.2 Å². The van der Waals surface area contributed by atoms with Crippen LogP contribution in [0.1, 0.15) is 6.92 Å². The fraction of sp³-hybridized carbons (Fsp3) is 0.350. The zero-order valence-corrected chi connectivity index (χ0v) is 14.6. The quantitative estimate of drug-likeness (QED) is 0.845. The second kappa shape index (κ2) is 8.69. The average molecular weight is 357 g/mol. The first-order valence-corrected chi connectivity index (χ1v) is 8.60. The lowest BCUT2D eigenvalue weighted by molar-refractivity contribution is -0.156. The molecule has 6 nitrogen and oxygen atoms in total. The highest BCUT2D eigenvalue weighted by molar-refractivity contribution is 5.75. The Morgan fingerprint density at radius 1 is 0.923 bits per heavy atom. The summed E-state index contributed by atoms with van der Waals surface area (Å²) in [4.78, 5) is 12.1. The highest BCUT2D eigenvalue weighted by atomic mass is 16.6. The SMILES string of the molecule is C[C@@H]1OC(=O)[C@@H](N)COC[C@H](Oc2ccccc2)[C@H]1Oc1ccccc1. The molecule has 1 fully saturated rings. The van der Waals surface area contributed by atoms with Crippen molar-refractivity contribution in [3.8, 4) is 11.5 Å². The molecule has 0 saturated carbocycles. The molecule has 3 rings (SSSR count). The van der Waals surface area contributed by atoms with Crippen LogP contribution >= 0.6 is 0 Å². The topological polar surface area (TPSA) is 80.0 Å². The maximum atomic E-state index is 12.1. The van der Waals surface area contributed by atoms with E-state index in [0.717, 1.165) is 0 Å². The summed E-state index contributed by atoms with van der Waals surface area (Å²) in [6.07, 6.45) is -1.61. The molecule has 1 heterocycles. The molecule has 0 radical (unpaired) electrons. The molecule has 6 heteroatoms. The highest BCUT2D eigenvalue weighted by Crippen LogP contribution is 2.22. The zero-order valence-electron chi connectivity index (χ0n) is 14.6. The van der Waals surface area contributed by atoms with E-state index in [4.69, 9.17) is 24.7 Å². The Hall–Kier alpha value is -2.57. The summed E-state index contributed by atoms with van der Waals surface area (Å²) in [7, 11) is 0. The van der Waals surface area contributed by atoms with Crippen LogP contribution in [0.5, 0.6) is 11.5 Å². The Morgan fingerprint density at radius 3 is 2.12 bits per heavy atom. The molecule has 1 aliphatic rings. The third kappa shape index (κ3) is 4.74. The summed E-state index contributed by atoms with van der Waals surface area (Å²) in [6.45, 7) is 2.06. The van der Waals surface area contributed by atoms with Gasteiger partial charge < -0.3 is 24.7 Å². The van der Waals surface area contributed by atoms with Crippen LogP contribution in [0.2, 0.25) is 0 Å². The van der Waals surface area contributed by atoms with E-state index in [-0.39, 0.29) is 13.2 Å². The number of cyclic esters (lactones) is 1. The van der Waals surface area contributed by atoms with Crippen molar-refractivity contribution in [3.63, 3.8) is 0 Å². The number of benzene rings is 2. The summed E-state index contributed by atoms with van der Waals surface area (Å²) in [5.41, 5.74) is 5.79. The van der Waals surface area contributed by atoms with Crippen molar-refractivity contribution in [2.75, 3.05) is 13.2 Å². The van der Waals surface area contributed by atoms with Gasteiger partial charge in [-0.05, 0) is 31.2 Å². The lowest BCUT2D eigenvalue weighted by Crippen LogP contribution is -2.47. The van der Waals surface area contributed by atoms with E-state index < -0.39 is 30.3 Å². The average Bonchev–Trinajstić information content (AvgIpc) is 2.70. The highest BCUT2D eigenvalue weighted by Gasteiger charge is 2.36. The van der Waals surface area contributed by atoms with Crippen LogP contribution in [-0.4, -0.2) is 43.5 Å². The minimum absolute atomic E-state index is 0.0677. The Balaban J connectivity index is 1.85. The van der Waals surface area contributed by atoms with Gasteiger partial charge in [-0.3, -0.25) is 4.79 Å². The molecule has 2 aromatic carbocycles. The Kier molecular flexibility index (Phi) is 6.09. The van der Waals surface area contributed by atoms with E-state index in [2.05, 4.69) is 0 Å². The lowest BCUT2D eigenvalue weighted by atomic mass is 10.1. The van der Waals surface area contributed by atoms with Crippen molar-refractivity contribution >= 4 is 5.97 Å². The Bertz CT molecular complexity index is 694. The first kappa shape index (κ1) is 18.2. The molecule has 0 amide bonds. The van der Waals surface area contributed by atoms with E-state index >= 15 is 0 Å². The predicted octanol–water partition coefficient (Wildman–Crippen LogP) is 2.17. The van der Waals surface area contributed by atoms with E-state index in [1.807, 2.05) is 60.7 Å². The van der Waals surface area contributed by atoms with Gasteiger partial charge >= 0.3 is 5.97 Å². The largest absolute Gasteiger partial charge is 0.484 e. The summed E-state index contributed by atoms with van der Waals surface area (Å²) < 4.78 is 23.3. The monoisotopic (exact) mass is 357 g/mol. The number of para-hydroxylation sites is 2. The van der Waals surface area contributed by atoms with Crippen molar-refractivity contribution in [1.82, 2.24) is 0 Å². The van der Waals surface area contributed by atoms with Crippen LogP contribution < -0.4 is 15.2 Å². The van der Waals surface area contributed by atoms with Gasteiger partial charge in [-0.1, -0.05) is 36.4 Å². The molecule has 0 unspecified atom stereocenters.